The number of aryl methyl sites for hydroxylation is 1. The number of nitrogens with one attached hydrogen (secondary N) is 2. The van der Waals surface area contributed by atoms with Gasteiger partial charge in [-0.25, -0.2) is 0 Å². The lowest BCUT2D eigenvalue weighted by Gasteiger charge is -2.32. The summed E-state index contributed by atoms with van der Waals surface area (Å²) in [6.07, 6.45) is 10.7. The van der Waals surface area contributed by atoms with E-state index >= 15 is 0 Å². The molecule has 4 heterocycles. The average Bonchev–Trinajstić information content (AvgIpc) is 3.61. The van der Waals surface area contributed by atoms with Crippen molar-refractivity contribution in [1.82, 2.24) is 30.3 Å². The van der Waals surface area contributed by atoms with Gasteiger partial charge in [0.1, 0.15) is 17.9 Å². The van der Waals surface area contributed by atoms with Gasteiger partial charge in [-0.2, -0.15) is 0 Å². The lowest BCUT2D eigenvalue weighted by Crippen LogP contribution is -2.43. The summed E-state index contributed by atoms with van der Waals surface area (Å²) < 4.78 is 13.7. The van der Waals surface area contributed by atoms with E-state index in [0.29, 0.717) is 6.54 Å². The molecule has 2 fully saturated rings. The van der Waals surface area contributed by atoms with Crippen LogP contribution in [-0.4, -0.2) is 71.1 Å². The van der Waals surface area contributed by atoms with Crippen molar-refractivity contribution in [3.63, 3.8) is 0 Å². The number of aromatic nitrogens is 3. The van der Waals surface area contributed by atoms with E-state index in [1.54, 1.807) is 12.6 Å². The minimum absolute atomic E-state index is 0.163. The van der Waals surface area contributed by atoms with Crippen LogP contribution in [-0.2, 0) is 17.7 Å². The molecule has 2 saturated heterocycles. The normalized spacial score (nSPS) is 21.0. The molecule has 2 N–H and O–H groups in total. The molecule has 0 bridgehead atoms. The number of ether oxygens (including phenoxy) is 1. The van der Waals surface area contributed by atoms with E-state index in [4.69, 9.17) is 14.1 Å². The molecule has 2 aromatic rings. The quantitative estimate of drug-likeness (QED) is 0.430. The summed E-state index contributed by atoms with van der Waals surface area (Å²) in [5, 5.41) is 15.2. The Bertz CT molecular complexity index is 808. The third-order valence-electron chi connectivity index (χ3n) is 6.30. The third-order valence-corrected chi connectivity index (χ3v) is 6.30. The third kappa shape index (κ3) is 6.32. The first-order chi connectivity index (χ1) is 15.8. The Kier molecular flexibility index (Phi) is 8.56. The second-order valence-electron chi connectivity index (χ2n) is 8.55. The van der Waals surface area contributed by atoms with Gasteiger partial charge < -0.3 is 24.4 Å². The predicted octanol–water partition coefficient (Wildman–Crippen LogP) is 2.37. The van der Waals surface area contributed by atoms with Gasteiger partial charge in [-0.15, -0.1) is 10.2 Å². The number of hydrogen-bond acceptors (Lipinski definition) is 6. The van der Waals surface area contributed by atoms with E-state index in [1.165, 1.54) is 19.3 Å². The van der Waals surface area contributed by atoms with Crippen LogP contribution in [0, 0.1) is 0 Å². The van der Waals surface area contributed by atoms with Crippen molar-refractivity contribution in [2.24, 2.45) is 4.99 Å². The van der Waals surface area contributed by atoms with Crippen LogP contribution in [0.2, 0.25) is 0 Å². The van der Waals surface area contributed by atoms with Crippen molar-refractivity contribution in [1.29, 1.82) is 0 Å². The minimum Gasteiger partial charge on any atom is -0.468 e. The van der Waals surface area contributed by atoms with Crippen LogP contribution in [0.1, 0.15) is 56.7 Å². The van der Waals surface area contributed by atoms with E-state index in [-0.39, 0.29) is 12.1 Å². The summed E-state index contributed by atoms with van der Waals surface area (Å²) in [6.45, 7) is 8.12. The first-order valence-electron chi connectivity index (χ1n) is 12.1. The molecule has 2 aliphatic rings. The molecule has 2 unspecified atom stereocenters. The molecule has 0 radical (unpaired) electrons. The average molecular weight is 444 g/mol. The minimum atomic E-state index is 0.163. The highest BCUT2D eigenvalue weighted by atomic mass is 16.5. The number of piperidine rings is 1. The number of nitrogens with zero attached hydrogens (tertiary/aromatic N) is 5. The molecule has 0 saturated carbocycles. The molecule has 176 valence electrons. The summed E-state index contributed by atoms with van der Waals surface area (Å²) >= 11 is 0. The van der Waals surface area contributed by atoms with Gasteiger partial charge in [-0.05, 0) is 50.9 Å². The van der Waals surface area contributed by atoms with Crippen molar-refractivity contribution in [3.05, 3.63) is 36.3 Å². The number of likely N-dealkylation sites (tertiary alicyclic amines) is 1. The van der Waals surface area contributed by atoms with Crippen LogP contribution in [0.15, 0.2) is 34.1 Å². The maximum absolute atomic E-state index is 5.79. The number of aliphatic imine (C=N–C) groups is 1. The fraction of sp³-hybridized carbons (Fsp3) is 0.696. The topological polar surface area (TPSA) is 92.7 Å². The van der Waals surface area contributed by atoms with Gasteiger partial charge in [-0.1, -0.05) is 13.3 Å². The Morgan fingerprint density at radius 1 is 1.25 bits per heavy atom. The Hall–Kier alpha value is -2.39. The molecule has 0 aromatic carbocycles. The number of rotatable bonds is 10. The molecular weight excluding hydrogens is 406 g/mol. The van der Waals surface area contributed by atoms with Gasteiger partial charge in [0, 0.05) is 32.7 Å². The fourth-order valence-corrected chi connectivity index (χ4v) is 4.50. The van der Waals surface area contributed by atoms with E-state index in [1.807, 2.05) is 6.07 Å². The zero-order chi connectivity index (χ0) is 22.0. The van der Waals surface area contributed by atoms with Gasteiger partial charge in [0.2, 0.25) is 0 Å². The number of hydrogen-bond donors (Lipinski definition) is 2. The lowest BCUT2D eigenvalue weighted by atomic mass is 10.1. The molecular formula is C23H37N7O2. The maximum atomic E-state index is 5.79. The Balaban J connectivity index is 1.40. The van der Waals surface area contributed by atoms with Crippen molar-refractivity contribution in [3.8, 4) is 0 Å². The highest BCUT2D eigenvalue weighted by Gasteiger charge is 2.24. The zero-order valence-corrected chi connectivity index (χ0v) is 19.2. The zero-order valence-electron chi connectivity index (χ0n) is 19.2. The van der Waals surface area contributed by atoms with Crippen LogP contribution >= 0.6 is 0 Å². The molecule has 9 heteroatoms. The monoisotopic (exact) mass is 443 g/mol. The Morgan fingerprint density at radius 3 is 2.91 bits per heavy atom. The summed E-state index contributed by atoms with van der Waals surface area (Å²) in [4.78, 5) is 7.48. The van der Waals surface area contributed by atoms with Crippen LogP contribution in [0.3, 0.4) is 0 Å². The Morgan fingerprint density at radius 2 is 2.16 bits per heavy atom. The van der Waals surface area contributed by atoms with Crippen LogP contribution in [0.25, 0.3) is 0 Å². The maximum Gasteiger partial charge on any atom is 0.191 e. The largest absolute Gasteiger partial charge is 0.468 e. The first kappa shape index (κ1) is 22.8. The van der Waals surface area contributed by atoms with E-state index in [2.05, 4.69) is 43.3 Å². The SMILES string of the molecule is CCc1nncn1CCNC(=NCC(c1ccco1)N1CCCCC1)NCC1CCCO1. The lowest BCUT2D eigenvalue weighted by molar-refractivity contribution is 0.113. The van der Waals surface area contributed by atoms with Crippen molar-refractivity contribution in [2.45, 2.75) is 64.1 Å². The van der Waals surface area contributed by atoms with Crippen LogP contribution < -0.4 is 10.6 Å². The van der Waals surface area contributed by atoms with E-state index < -0.39 is 0 Å². The van der Waals surface area contributed by atoms with Crippen molar-refractivity contribution >= 4 is 5.96 Å². The van der Waals surface area contributed by atoms with E-state index in [0.717, 1.165) is 76.1 Å². The van der Waals surface area contributed by atoms with Gasteiger partial charge in [-0.3, -0.25) is 9.89 Å². The second-order valence-corrected chi connectivity index (χ2v) is 8.55. The van der Waals surface area contributed by atoms with Gasteiger partial charge in [0.05, 0.1) is 25.0 Å². The summed E-state index contributed by atoms with van der Waals surface area (Å²) in [5.41, 5.74) is 0. The van der Waals surface area contributed by atoms with E-state index in [9.17, 15) is 0 Å². The van der Waals surface area contributed by atoms with Crippen molar-refractivity contribution in [2.75, 3.05) is 39.3 Å². The molecule has 0 aliphatic carbocycles. The van der Waals surface area contributed by atoms with Crippen LogP contribution in [0.4, 0.5) is 0 Å². The number of guanidine groups is 1. The fourth-order valence-electron chi connectivity index (χ4n) is 4.50. The second kappa shape index (κ2) is 12.0. The predicted molar refractivity (Wildman–Crippen MR) is 124 cm³/mol. The smallest absolute Gasteiger partial charge is 0.191 e. The first-order valence-corrected chi connectivity index (χ1v) is 12.1. The molecule has 0 amide bonds. The summed E-state index contributed by atoms with van der Waals surface area (Å²) in [5.74, 6) is 2.81. The van der Waals surface area contributed by atoms with Gasteiger partial charge in [0.15, 0.2) is 5.96 Å². The molecule has 2 aromatic heterocycles. The molecule has 0 spiro atoms. The molecule has 2 aliphatic heterocycles. The standard InChI is InChI=1S/C23H37N7O2/c1-2-22-28-27-18-30(22)13-10-24-23(25-16-19-8-6-14-31-19)26-17-20(21-9-7-15-32-21)29-11-4-3-5-12-29/h7,9,15,18-20H,2-6,8,10-14,16-17H2,1H3,(H2,24,25,26). The molecule has 2 atom stereocenters. The van der Waals surface area contributed by atoms with Gasteiger partial charge in [0.25, 0.3) is 0 Å². The highest BCUT2D eigenvalue weighted by molar-refractivity contribution is 5.79. The van der Waals surface area contributed by atoms with Crippen LogP contribution in [0.5, 0.6) is 0 Å². The van der Waals surface area contributed by atoms with Crippen molar-refractivity contribution < 1.29 is 9.15 Å². The highest BCUT2D eigenvalue weighted by Crippen LogP contribution is 2.25. The summed E-state index contributed by atoms with van der Waals surface area (Å²) in [7, 11) is 0. The Labute approximate surface area is 190 Å². The summed E-state index contributed by atoms with van der Waals surface area (Å²) in [6, 6.07) is 4.20. The molecule has 9 nitrogen and oxygen atoms in total. The molecule has 4 rings (SSSR count). The van der Waals surface area contributed by atoms with Gasteiger partial charge >= 0.3 is 0 Å². The molecule has 32 heavy (non-hydrogen) atoms. The number of furan rings is 1.